The first kappa shape index (κ1) is 24.1. The lowest BCUT2D eigenvalue weighted by Gasteiger charge is -2.32. The Balaban J connectivity index is 1.47. The number of rotatable bonds is 7. The smallest absolute Gasteiger partial charge is 0.123 e. The second-order valence-corrected chi connectivity index (χ2v) is 11.4. The number of benzene rings is 3. The van der Waals surface area contributed by atoms with Crippen LogP contribution in [0.1, 0.15) is 68.2 Å². The summed E-state index contributed by atoms with van der Waals surface area (Å²) in [6.45, 7) is 7.64. The summed E-state index contributed by atoms with van der Waals surface area (Å²) in [7, 11) is 1.78. The van der Waals surface area contributed by atoms with Crippen LogP contribution in [0.3, 0.4) is 0 Å². The van der Waals surface area contributed by atoms with Crippen LogP contribution >= 0.6 is 0 Å². The van der Waals surface area contributed by atoms with Gasteiger partial charge in [0.1, 0.15) is 5.75 Å². The van der Waals surface area contributed by atoms with Crippen molar-refractivity contribution >= 4 is 0 Å². The summed E-state index contributed by atoms with van der Waals surface area (Å²) in [6.07, 6.45) is 3.89. The van der Waals surface area contributed by atoms with Crippen LogP contribution in [0.2, 0.25) is 0 Å². The number of ether oxygens (including phenoxy) is 1. The van der Waals surface area contributed by atoms with Crippen molar-refractivity contribution in [2.75, 3.05) is 7.11 Å². The van der Waals surface area contributed by atoms with Crippen LogP contribution in [-0.2, 0) is 12.0 Å². The van der Waals surface area contributed by atoms with Gasteiger partial charge in [0.15, 0.2) is 0 Å². The Morgan fingerprint density at radius 2 is 1.57 bits per heavy atom. The maximum Gasteiger partial charge on any atom is 0.123 e. The fourth-order valence-corrected chi connectivity index (χ4v) is 6.36. The lowest BCUT2D eigenvalue weighted by atomic mass is 9.80. The summed E-state index contributed by atoms with van der Waals surface area (Å²) in [4.78, 5) is 0. The SMILES string of the molecule is COc1ccc(C(C)(C)C)cc1CNC1C2CCCC2NC1C(c1ccccc1)c1ccccc1. The van der Waals surface area contributed by atoms with E-state index in [1.54, 1.807) is 7.11 Å². The molecule has 5 rings (SSSR count). The van der Waals surface area contributed by atoms with E-state index < -0.39 is 0 Å². The van der Waals surface area contributed by atoms with Crippen molar-refractivity contribution < 1.29 is 4.74 Å². The summed E-state index contributed by atoms with van der Waals surface area (Å²) in [5.41, 5.74) is 5.48. The fraction of sp³-hybridized carbons (Fsp3) is 0.438. The van der Waals surface area contributed by atoms with Crippen LogP contribution in [0.25, 0.3) is 0 Å². The van der Waals surface area contributed by atoms with Crippen molar-refractivity contribution in [1.29, 1.82) is 0 Å². The van der Waals surface area contributed by atoms with Gasteiger partial charge >= 0.3 is 0 Å². The molecule has 4 unspecified atom stereocenters. The highest BCUT2D eigenvalue weighted by atomic mass is 16.5. The molecule has 0 bridgehead atoms. The Bertz CT molecular complexity index is 1070. The quantitative estimate of drug-likeness (QED) is 0.420. The van der Waals surface area contributed by atoms with Gasteiger partial charge in [-0.3, -0.25) is 0 Å². The van der Waals surface area contributed by atoms with Crippen molar-refractivity contribution in [2.45, 2.75) is 76.0 Å². The summed E-state index contributed by atoms with van der Waals surface area (Å²) in [5.74, 6) is 1.94. The molecule has 184 valence electrons. The van der Waals surface area contributed by atoms with E-state index in [-0.39, 0.29) is 5.41 Å². The van der Waals surface area contributed by atoms with E-state index in [4.69, 9.17) is 4.74 Å². The van der Waals surface area contributed by atoms with Gasteiger partial charge in [-0.25, -0.2) is 0 Å². The lowest BCUT2D eigenvalue weighted by molar-refractivity contribution is 0.348. The Morgan fingerprint density at radius 3 is 2.17 bits per heavy atom. The molecule has 0 amide bonds. The summed E-state index contributed by atoms with van der Waals surface area (Å²) in [5, 5.41) is 8.16. The Hall–Kier alpha value is -2.62. The minimum absolute atomic E-state index is 0.112. The van der Waals surface area contributed by atoms with E-state index in [1.807, 2.05) is 0 Å². The second-order valence-electron chi connectivity index (χ2n) is 11.4. The Kier molecular flexibility index (Phi) is 7.00. The molecule has 1 aliphatic heterocycles. The molecule has 0 spiro atoms. The summed E-state index contributed by atoms with van der Waals surface area (Å²) in [6, 6.07) is 30.1. The molecule has 3 heteroatoms. The van der Waals surface area contributed by atoms with Crippen LogP contribution in [-0.4, -0.2) is 25.2 Å². The minimum Gasteiger partial charge on any atom is -0.496 e. The van der Waals surface area contributed by atoms with Gasteiger partial charge in [0.05, 0.1) is 7.11 Å². The molecule has 3 aromatic carbocycles. The van der Waals surface area contributed by atoms with Crippen LogP contribution < -0.4 is 15.4 Å². The Morgan fingerprint density at radius 1 is 0.914 bits per heavy atom. The van der Waals surface area contributed by atoms with Crippen LogP contribution in [0, 0.1) is 5.92 Å². The highest BCUT2D eigenvalue weighted by Crippen LogP contribution is 2.42. The van der Waals surface area contributed by atoms with Crippen molar-refractivity contribution in [1.82, 2.24) is 10.6 Å². The standard InChI is InChI=1S/C32H40N2O/c1-32(2,3)25-18-19-28(35-4)24(20-25)21-33-30-26-16-11-17-27(26)34-31(30)29(22-12-7-5-8-13-22)23-14-9-6-10-15-23/h5-10,12-15,18-20,26-27,29-31,33-34H,11,16-17,21H2,1-4H3. The zero-order valence-electron chi connectivity index (χ0n) is 21.6. The van der Waals surface area contributed by atoms with Crippen molar-refractivity contribution in [2.24, 2.45) is 5.92 Å². The third kappa shape index (κ3) is 5.03. The first-order chi connectivity index (χ1) is 17.0. The molecule has 3 aromatic rings. The largest absolute Gasteiger partial charge is 0.496 e. The van der Waals surface area contributed by atoms with Gasteiger partial charge in [-0.2, -0.15) is 0 Å². The van der Waals surface area contributed by atoms with E-state index in [0.29, 0.717) is 30.0 Å². The zero-order chi connectivity index (χ0) is 24.4. The summed E-state index contributed by atoms with van der Waals surface area (Å²) >= 11 is 0. The molecule has 2 aliphatic rings. The number of hydrogen-bond acceptors (Lipinski definition) is 3. The summed E-state index contributed by atoms with van der Waals surface area (Å²) < 4.78 is 5.77. The fourth-order valence-electron chi connectivity index (χ4n) is 6.36. The van der Waals surface area contributed by atoms with Gasteiger partial charge in [-0.05, 0) is 46.9 Å². The average molecular weight is 469 g/mol. The first-order valence-corrected chi connectivity index (χ1v) is 13.2. The van der Waals surface area contributed by atoms with E-state index in [2.05, 4.69) is 110 Å². The molecule has 1 heterocycles. The predicted octanol–water partition coefficient (Wildman–Crippen LogP) is 6.42. The van der Waals surface area contributed by atoms with Crippen LogP contribution in [0.4, 0.5) is 0 Å². The van der Waals surface area contributed by atoms with E-state index in [9.17, 15) is 0 Å². The predicted molar refractivity (Wildman–Crippen MR) is 145 cm³/mol. The van der Waals surface area contributed by atoms with Crippen LogP contribution in [0.15, 0.2) is 78.9 Å². The van der Waals surface area contributed by atoms with E-state index in [0.717, 1.165) is 12.3 Å². The van der Waals surface area contributed by atoms with Crippen molar-refractivity contribution in [3.63, 3.8) is 0 Å². The lowest BCUT2D eigenvalue weighted by Crippen LogP contribution is -2.46. The average Bonchev–Trinajstić information content (AvgIpc) is 3.45. The van der Waals surface area contributed by atoms with Gasteiger partial charge in [-0.1, -0.05) is 100.0 Å². The zero-order valence-corrected chi connectivity index (χ0v) is 21.6. The topological polar surface area (TPSA) is 33.3 Å². The van der Waals surface area contributed by atoms with Crippen molar-refractivity contribution in [3.8, 4) is 5.75 Å². The molecule has 1 aliphatic carbocycles. The molecular formula is C32H40N2O. The molecule has 2 N–H and O–H groups in total. The third-order valence-corrected chi connectivity index (χ3v) is 8.18. The molecule has 1 saturated carbocycles. The molecule has 3 nitrogen and oxygen atoms in total. The van der Waals surface area contributed by atoms with E-state index >= 15 is 0 Å². The van der Waals surface area contributed by atoms with Gasteiger partial charge in [0.2, 0.25) is 0 Å². The molecule has 0 aromatic heterocycles. The number of nitrogens with one attached hydrogen (secondary N) is 2. The Labute approximate surface area is 211 Å². The molecule has 4 atom stereocenters. The second kappa shape index (κ2) is 10.2. The maximum atomic E-state index is 5.77. The molecule has 1 saturated heterocycles. The first-order valence-electron chi connectivity index (χ1n) is 13.2. The molecule has 2 fully saturated rings. The minimum atomic E-state index is 0.112. The highest BCUT2D eigenvalue weighted by molar-refractivity contribution is 5.40. The van der Waals surface area contributed by atoms with Gasteiger partial charge < -0.3 is 15.4 Å². The van der Waals surface area contributed by atoms with Gasteiger partial charge in [0.25, 0.3) is 0 Å². The van der Waals surface area contributed by atoms with E-state index in [1.165, 1.54) is 41.5 Å². The number of hydrogen-bond donors (Lipinski definition) is 2. The highest BCUT2D eigenvalue weighted by Gasteiger charge is 2.48. The molecule has 0 radical (unpaired) electrons. The molecular weight excluding hydrogens is 428 g/mol. The van der Waals surface area contributed by atoms with Gasteiger partial charge in [-0.15, -0.1) is 0 Å². The van der Waals surface area contributed by atoms with Crippen LogP contribution in [0.5, 0.6) is 5.75 Å². The van der Waals surface area contributed by atoms with Gasteiger partial charge in [0, 0.05) is 36.2 Å². The number of methoxy groups -OCH3 is 1. The third-order valence-electron chi connectivity index (χ3n) is 8.18. The maximum absolute atomic E-state index is 5.77. The number of fused-ring (bicyclic) bond motifs is 1. The van der Waals surface area contributed by atoms with Crippen molar-refractivity contribution in [3.05, 3.63) is 101 Å². The normalized spacial score (nSPS) is 24.0. The monoisotopic (exact) mass is 468 g/mol. The molecule has 35 heavy (non-hydrogen) atoms.